The highest BCUT2D eigenvalue weighted by Crippen LogP contribution is 2.27. The van der Waals surface area contributed by atoms with E-state index in [2.05, 4.69) is 59.1 Å². The molecule has 0 radical (unpaired) electrons. The zero-order valence-corrected chi connectivity index (χ0v) is 13.2. The minimum absolute atomic E-state index is 0.139. The van der Waals surface area contributed by atoms with Crippen LogP contribution in [-0.2, 0) is 12.0 Å². The van der Waals surface area contributed by atoms with Gasteiger partial charge in [0.1, 0.15) is 0 Å². The number of benzene rings is 1. The molecule has 0 amide bonds. The normalized spacial score (nSPS) is 11.6. The molecule has 4 heteroatoms. The van der Waals surface area contributed by atoms with E-state index in [1.165, 1.54) is 9.88 Å². The van der Waals surface area contributed by atoms with Gasteiger partial charge in [0.15, 0.2) is 0 Å². The summed E-state index contributed by atoms with van der Waals surface area (Å²) < 4.78 is 1.10. The number of hydrogen-bond acceptors (Lipinski definition) is 3. The van der Waals surface area contributed by atoms with Crippen LogP contribution in [0.25, 0.3) is 0 Å². The minimum Gasteiger partial charge on any atom is -0.380 e. The molecule has 0 aliphatic rings. The summed E-state index contributed by atoms with van der Waals surface area (Å²) in [7, 11) is 0. The summed E-state index contributed by atoms with van der Waals surface area (Å²) in [6.07, 6.45) is 1.97. The SMILES string of the molecule is CC(C)(C)c1ncc(CNc2ccc(Br)cc2)s1. The molecule has 18 heavy (non-hydrogen) atoms. The van der Waals surface area contributed by atoms with Gasteiger partial charge in [0.05, 0.1) is 11.6 Å². The lowest BCUT2D eigenvalue weighted by Crippen LogP contribution is -2.09. The third-order valence-corrected chi connectivity index (χ3v) is 4.46. The van der Waals surface area contributed by atoms with Gasteiger partial charge < -0.3 is 5.32 Å². The van der Waals surface area contributed by atoms with E-state index in [0.29, 0.717) is 0 Å². The fraction of sp³-hybridized carbons (Fsp3) is 0.357. The number of nitrogens with zero attached hydrogens (tertiary/aromatic N) is 1. The van der Waals surface area contributed by atoms with E-state index in [0.717, 1.165) is 16.7 Å². The van der Waals surface area contributed by atoms with Gasteiger partial charge in [-0.05, 0) is 24.3 Å². The Labute approximate surface area is 121 Å². The van der Waals surface area contributed by atoms with E-state index >= 15 is 0 Å². The van der Waals surface area contributed by atoms with Gasteiger partial charge in [-0.1, -0.05) is 36.7 Å². The first kappa shape index (κ1) is 13.6. The van der Waals surface area contributed by atoms with E-state index < -0.39 is 0 Å². The van der Waals surface area contributed by atoms with Crippen molar-refractivity contribution >= 4 is 33.0 Å². The molecule has 1 N–H and O–H groups in total. The largest absolute Gasteiger partial charge is 0.380 e. The number of anilines is 1. The van der Waals surface area contributed by atoms with Crippen LogP contribution in [0.5, 0.6) is 0 Å². The van der Waals surface area contributed by atoms with Crippen molar-refractivity contribution in [2.24, 2.45) is 0 Å². The van der Waals surface area contributed by atoms with Crippen LogP contribution < -0.4 is 5.32 Å². The Bertz CT molecular complexity index is 511. The molecular weight excluding hydrogens is 308 g/mol. The van der Waals surface area contributed by atoms with Crippen molar-refractivity contribution in [3.63, 3.8) is 0 Å². The van der Waals surface area contributed by atoms with Crippen molar-refractivity contribution in [2.75, 3.05) is 5.32 Å². The van der Waals surface area contributed by atoms with Gasteiger partial charge in [-0.15, -0.1) is 11.3 Å². The second-order valence-corrected chi connectivity index (χ2v) is 7.27. The number of halogens is 1. The summed E-state index contributed by atoms with van der Waals surface area (Å²) in [5.74, 6) is 0. The maximum Gasteiger partial charge on any atom is 0.0981 e. The Morgan fingerprint density at radius 3 is 2.44 bits per heavy atom. The molecule has 0 unspecified atom stereocenters. The second kappa shape index (κ2) is 5.41. The van der Waals surface area contributed by atoms with Crippen molar-refractivity contribution < 1.29 is 0 Å². The lowest BCUT2D eigenvalue weighted by Gasteiger charge is -2.13. The summed E-state index contributed by atoms with van der Waals surface area (Å²) >= 11 is 5.21. The molecule has 0 aliphatic heterocycles. The van der Waals surface area contributed by atoms with Crippen LogP contribution >= 0.6 is 27.3 Å². The predicted molar refractivity (Wildman–Crippen MR) is 82.3 cm³/mol. The molecule has 0 fully saturated rings. The van der Waals surface area contributed by atoms with Crippen LogP contribution in [0.4, 0.5) is 5.69 Å². The lowest BCUT2D eigenvalue weighted by molar-refractivity contribution is 0.585. The van der Waals surface area contributed by atoms with Crippen LogP contribution in [0.1, 0.15) is 30.7 Å². The Morgan fingerprint density at radius 1 is 1.22 bits per heavy atom. The summed E-state index contributed by atoms with van der Waals surface area (Å²) in [6.45, 7) is 7.41. The van der Waals surface area contributed by atoms with Crippen LogP contribution in [0, 0.1) is 0 Å². The summed E-state index contributed by atoms with van der Waals surface area (Å²) in [6, 6.07) is 8.21. The molecule has 0 aliphatic carbocycles. The maximum atomic E-state index is 4.48. The Balaban J connectivity index is 1.98. The smallest absolute Gasteiger partial charge is 0.0981 e. The number of hydrogen-bond donors (Lipinski definition) is 1. The Hall–Kier alpha value is -0.870. The van der Waals surface area contributed by atoms with Crippen molar-refractivity contribution in [3.05, 3.63) is 44.8 Å². The van der Waals surface area contributed by atoms with Crippen LogP contribution in [0.2, 0.25) is 0 Å². The molecule has 2 rings (SSSR count). The van der Waals surface area contributed by atoms with Gasteiger partial charge >= 0.3 is 0 Å². The Kier molecular flexibility index (Phi) is 4.07. The number of rotatable bonds is 3. The fourth-order valence-corrected chi connectivity index (χ4v) is 2.67. The average molecular weight is 325 g/mol. The predicted octanol–water partition coefficient (Wildman–Crippen LogP) is 4.82. The fourth-order valence-electron chi connectivity index (χ4n) is 1.49. The summed E-state index contributed by atoms with van der Waals surface area (Å²) in [5.41, 5.74) is 1.27. The highest BCUT2D eigenvalue weighted by molar-refractivity contribution is 9.10. The highest BCUT2D eigenvalue weighted by atomic mass is 79.9. The molecule has 0 bridgehead atoms. The molecule has 1 aromatic heterocycles. The molecule has 2 aromatic rings. The van der Waals surface area contributed by atoms with Gasteiger partial charge in [0.2, 0.25) is 0 Å². The van der Waals surface area contributed by atoms with Crippen molar-refractivity contribution in [2.45, 2.75) is 32.7 Å². The topological polar surface area (TPSA) is 24.9 Å². The van der Waals surface area contributed by atoms with E-state index in [4.69, 9.17) is 0 Å². The Morgan fingerprint density at radius 2 is 1.89 bits per heavy atom. The van der Waals surface area contributed by atoms with Crippen molar-refractivity contribution in [1.29, 1.82) is 0 Å². The van der Waals surface area contributed by atoms with Gasteiger partial charge in [0, 0.05) is 26.6 Å². The number of aromatic nitrogens is 1. The minimum atomic E-state index is 0.139. The van der Waals surface area contributed by atoms with E-state index in [1.807, 2.05) is 18.3 Å². The second-order valence-electron chi connectivity index (χ2n) is 5.24. The third-order valence-electron chi connectivity index (χ3n) is 2.51. The zero-order chi connectivity index (χ0) is 13.2. The molecular formula is C14H17BrN2S. The van der Waals surface area contributed by atoms with E-state index in [1.54, 1.807) is 11.3 Å². The van der Waals surface area contributed by atoms with Gasteiger partial charge in [-0.2, -0.15) is 0 Å². The van der Waals surface area contributed by atoms with Crippen LogP contribution in [-0.4, -0.2) is 4.98 Å². The van der Waals surface area contributed by atoms with E-state index in [9.17, 15) is 0 Å². The standard InChI is InChI=1S/C14H17BrN2S/c1-14(2,3)13-17-9-12(18-13)8-16-11-6-4-10(15)5-7-11/h4-7,9,16H,8H2,1-3H3. The van der Waals surface area contributed by atoms with Gasteiger partial charge in [-0.25, -0.2) is 4.98 Å². The highest BCUT2D eigenvalue weighted by Gasteiger charge is 2.17. The molecule has 0 saturated heterocycles. The molecule has 0 spiro atoms. The molecule has 96 valence electrons. The van der Waals surface area contributed by atoms with Crippen molar-refractivity contribution in [3.8, 4) is 0 Å². The third kappa shape index (κ3) is 3.56. The van der Waals surface area contributed by atoms with Gasteiger partial charge in [-0.3, -0.25) is 0 Å². The first-order valence-electron chi connectivity index (χ1n) is 5.90. The first-order chi connectivity index (χ1) is 8.45. The molecule has 0 atom stereocenters. The quantitative estimate of drug-likeness (QED) is 0.875. The zero-order valence-electron chi connectivity index (χ0n) is 10.8. The lowest BCUT2D eigenvalue weighted by atomic mass is 9.98. The van der Waals surface area contributed by atoms with Crippen LogP contribution in [0.15, 0.2) is 34.9 Å². The number of thiazole rings is 1. The molecule has 0 saturated carbocycles. The van der Waals surface area contributed by atoms with Crippen LogP contribution in [0.3, 0.4) is 0 Å². The maximum absolute atomic E-state index is 4.48. The monoisotopic (exact) mass is 324 g/mol. The number of nitrogens with one attached hydrogen (secondary N) is 1. The van der Waals surface area contributed by atoms with E-state index in [-0.39, 0.29) is 5.41 Å². The van der Waals surface area contributed by atoms with Crippen molar-refractivity contribution in [1.82, 2.24) is 4.98 Å². The molecule has 1 heterocycles. The van der Waals surface area contributed by atoms with Gasteiger partial charge in [0.25, 0.3) is 0 Å². The summed E-state index contributed by atoms with van der Waals surface area (Å²) in [5, 5.41) is 4.59. The molecule has 1 aromatic carbocycles. The average Bonchev–Trinajstić information content (AvgIpc) is 2.77. The summed E-state index contributed by atoms with van der Waals surface area (Å²) in [4.78, 5) is 5.75. The molecule has 2 nitrogen and oxygen atoms in total. The first-order valence-corrected chi connectivity index (χ1v) is 7.51.